The van der Waals surface area contributed by atoms with Gasteiger partial charge >= 0.3 is 5.97 Å². The summed E-state index contributed by atoms with van der Waals surface area (Å²) in [6.45, 7) is 1.98. The lowest BCUT2D eigenvalue weighted by Gasteiger charge is -2.13. The molecular formula is C33H37N3O5. The van der Waals surface area contributed by atoms with Gasteiger partial charge in [-0.15, -0.1) is 0 Å². The van der Waals surface area contributed by atoms with Gasteiger partial charge in [0, 0.05) is 38.7 Å². The number of benzene rings is 3. The first-order valence-electron chi connectivity index (χ1n) is 13.8. The Morgan fingerprint density at radius 2 is 1.59 bits per heavy atom. The standard InChI is InChI=1S/C33H37N3O5/c1-23(37)40-21-19-34-33(39)31(22-25-4-8-26(9-5-25)27-10-11-27)35-32(38)28-12-16-30(17-13-28)41-20-18-24-6-14-29(15-7-24)36(2)3/h4-9,12-17,22,27H,10-11,18-21H2,1-3H3,(H,34,39)(H,35,38). The van der Waals surface area contributed by atoms with Crippen LogP contribution in [0.1, 0.15) is 52.7 Å². The molecule has 3 aromatic rings. The lowest BCUT2D eigenvalue weighted by molar-refractivity contribution is -0.141. The van der Waals surface area contributed by atoms with Crippen molar-refractivity contribution in [2.75, 3.05) is 38.8 Å². The third-order valence-electron chi connectivity index (χ3n) is 6.71. The van der Waals surface area contributed by atoms with Crippen molar-refractivity contribution < 1.29 is 23.9 Å². The summed E-state index contributed by atoms with van der Waals surface area (Å²) in [6, 6.07) is 23.1. The Hall–Kier alpha value is -4.59. The normalized spacial score (nSPS) is 12.8. The topological polar surface area (TPSA) is 97.0 Å². The zero-order valence-corrected chi connectivity index (χ0v) is 23.8. The molecule has 0 aromatic heterocycles. The van der Waals surface area contributed by atoms with Crippen LogP contribution in [0.2, 0.25) is 0 Å². The van der Waals surface area contributed by atoms with E-state index in [2.05, 4.69) is 51.9 Å². The van der Waals surface area contributed by atoms with Crippen molar-refractivity contribution >= 4 is 29.5 Å². The smallest absolute Gasteiger partial charge is 0.302 e. The number of hydrogen-bond donors (Lipinski definition) is 2. The molecule has 1 saturated carbocycles. The number of carbonyl (C=O) groups excluding carboxylic acids is 3. The van der Waals surface area contributed by atoms with Crippen molar-refractivity contribution in [3.8, 4) is 5.75 Å². The van der Waals surface area contributed by atoms with Gasteiger partial charge in [-0.05, 0) is 77.9 Å². The van der Waals surface area contributed by atoms with E-state index >= 15 is 0 Å². The minimum absolute atomic E-state index is 0.0429. The highest BCUT2D eigenvalue weighted by molar-refractivity contribution is 6.05. The molecule has 1 aliphatic carbocycles. The molecule has 8 nitrogen and oxygen atoms in total. The van der Waals surface area contributed by atoms with Crippen molar-refractivity contribution in [1.29, 1.82) is 0 Å². The molecule has 0 saturated heterocycles. The number of esters is 1. The molecule has 4 rings (SSSR count). The Balaban J connectivity index is 1.36. The molecule has 3 aromatic carbocycles. The van der Waals surface area contributed by atoms with Crippen LogP contribution >= 0.6 is 0 Å². The van der Waals surface area contributed by atoms with Gasteiger partial charge in [-0.1, -0.05) is 36.4 Å². The average molecular weight is 556 g/mol. The number of amides is 2. The fourth-order valence-corrected chi connectivity index (χ4v) is 4.21. The Bertz CT molecular complexity index is 1360. The Morgan fingerprint density at radius 3 is 2.20 bits per heavy atom. The van der Waals surface area contributed by atoms with Gasteiger partial charge in [0.1, 0.15) is 18.1 Å². The number of nitrogens with zero attached hydrogens (tertiary/aromatic N) is 1. The summed E-state index contributed by atoms with van der Waals surface area (Å²) in [4.78, 5) is 39.1. The molecule has 0 heterocycles. The molecular weight excluding hydrogens is 518 g/mol. The van der Waals surface area contributed by atoms with Crippen molar-refractivity contribution in [1.82, 2.24) is 10.6 Å². The predicted octanol–water partition coefficient (Wildman–Crippen LogP) is 4.70. The number of hydrogen-bond acceptors (Lipinski definition) is 6. The molecule has 0 spiro atoms. The van der Waals surface area contributed by atoms with E-state index in [-0.39, 0.29) is 18.8 Å². The molecule has 8 heteroatoms. The lowest BCUT2D eigenvalue weighted by Crippen LogP contribution is -2.36. The second-order valence-electron chi connectivity index (χ2n) is 10.2. The van der Waals surface area contributed by atoms with Crippen LogP contribution in [-0.2, 0) is 20.7 Å². The molecule has 214 valence electrons. The summed E-state index contributed by atoms with van der Waals surface area (Å²) in [6.07, 6.45) is 4.81. The van der Waals surface area contributed by atoms with E-state index in [0.29, 0.717) is 23.8 Å². The van der Waals surface area contributed by atoms with Crippen LogP contribution in [0.15, 0.2) is 78.5 Å². The second-order valence-corrected chi connectivity index (χ2v) is 10.2. The summed E-state index contributed by atoms with van der Waals surface area (Å²) in [5, 5.41) is 5.42. The van der Waals surface area contributed by atoms with E-state index in [1.807, 2.05) is 26.2 Å². The van der Waals surface area contributed by atoms with Crippen LogP contribution in [0.5, 0.6) is 5.75 Å². The fourth-order valence-electron chi connectivity index (χ4n) is 4.21. The molecule has 0 unspecified atom stereocenters. The van der Waals surface area contributed by atoms with Gasteiger partial charge < -0.3 is 25.0 Å². The quantitative estimate of drug-likeness (QED) is 0.180. The minimum Gasteiger partial charge on any atom is -0.493 e. The summed E-state index contributed by atoms with van der Waals surface area (Å²) in [5.41, 5.74) is 4.88. The molecule has 2 N–H and O–H groups in total. The lowest BCUT2D eigenvalue weighted by atomic mass is 10.1. The van der Waals surface area contributed by atoms with Crippen LogP contribution in [0.4, 0.5) is 5.69 Å². The number of anilines is 1. The predicted molar refractivity (Wildman–Crippen MR) is 160 cm³/mol. The van der Waals surface area contributed by atoms with E-state index in [1.54, 1.807) is 30.3 Å². The van der Waals surface area contributed by atoms with Gasteiger partial charge in [0.15, 0.2) is 0 Å². The first kappa shape index (κ1) is 29.4. The molecule has 2 amide bonds. The van der Waals surface area contributed by atoms with Gasteiger partial charge in [-0.3, -0.25) is 14.4 Å². The Morgan fingerprint density at radius 1 is 0.902 bits per heavy atom. The van der Waals surface area contributed by atoms with Gasteiger partial charge in [-0.25, -0.2) is 0 Å². The summed E-state index contributed by atoms with van der Waals surface area (Å²) < 4.78 is 10.8. The maximum Gasteiger partial charge on any atom is 0.302 e. The monoisotopic (exact) mass is 555 g/mol. The molecule has 0 aliphatic heterocycles. The Kier molecular flexibility index (Phi) is 10.2. The van der Waals surface area contributed by atoms with Crippen LogP contribution < -0.4 is 20.3 Å². The van der Waals surface area contributed by atoms with Crippen molar-refractivity contribution in [3.05, 3.63) is 101 Å². The maximum atomic E-state index is 13.1. The van der Waals surface area contributed by atoms with Gasteiger partial charge in [0.05, 0.1) is 13.2 Å². The number of nitrogens with one attached hydrogen (secondary N) is 2. The highest BCUT2D eigenvalue weighted by Gasteiger charge is 2.23. The first-order chi connectivity index (χ1) is 19.8. The van der Waals surface area contributed by atoms with Crippen molar-refractivity contribution in [2.45, 2.75) is 32.1 Å². The number of ether oxygens (including phenoxy) is 2. The Labute approximate surface area is 241 Å². The minimum atomic E-state index is -0.477. The van der Waals surface area contributed by atoms with E-state index in [0.717, 1.165) is 17.7 Å². The molecule has 0 bridgehead atoms. The zero-order chi connectivity index (χ0) is 29.2. The highest BCUT2D eigenvalue weighted by atomic mass is 16.5. The van der Waals surface area contributed by atoms with Crippen LogP contribution in [-0.4, -0.2) is 51.6 Å². The van der Waals surface area contributed by atoms with Crippen LogP contribution in [0.25, 0.3) is 6.08 Å². The highest BCUT2D eigenvalue weighted by Crippen LogP contribution is 2.39. The SMILES string of the molecule is CC(=O)OCCNC(=O)C(=Cc1ccc(C2CC2)cc1)NC(=O)c1ccc(OCCc2ccc(N(C)C)cc2)cc1. The number of carbonyl (C=O) groups is 3. The van der Waals surface area contributed by atoms with Crippen LogP contribution in [0.3, 0.4) is 0 Å². The van der Waals surface area contributed by atoms with Gasteiger partial charge in [0.2, 0.25) is 0 Å². The second kappa shape index (κ2) is 14.2. The third-order valence-corrected chi connectivity index (χ3v) is 6.71. The average Bonchev–Trinajstić information content (AvgIpc) is 3.81. The van der Waals surface area contributed by atoms with E-state index in [4.69, 9.17) is 9.47 Å². The number of rotatable bonds is 13. The van der Waals surface area contributed by atoms with E-state index < -0.39 is 17.8 Å². The molecule has 1 fully saturated rings. The molecule has 0 atom stereocenters. The summed E-state index contributed by atoms with van der Waals surface area (Å²) in [7, 11) is 4.02. The summed E-state index contributed by atoms with van der Waals surface area (Å²) >= 11 is 0. The van der Waals surface area contributed by atoms with Gasteiger partial charge in [-0.2, -0.15) is 0 Å². The largest absolute Gasteiger partial charge is 0.493 e. The third kappa shape index (κ3) is 9.24. The van der Waals surface area contributed by atoms with Crippen LogP contribution in [0, 0.1) is 0 Å². The maximum absolute atomic E-state index is 13.1. The van der Waals surface area contributed by atoms with E-state index in [1.165, 1.54) is 30.9 Å². The fraction of sp³-hybridized carbons (Fsp3) is 0.303. The molecule has 41 heavy (non-hydrogen) atoms. The molecule has 1 aliphatic rings. The first-order valence-corrected chi connectivity index (χ1v) is 13.8. The summed E-state index contributed by atoms with van der Waals surface area (Å²) in [5.74, 6) is -0.0476. The van der Waals surface area contributed by atoms with E-state index in [9.17, 15) is 14.4 Å². The van der Waals surface area contributed by atoms with Crippen molar-refractivity contribution in [3.63, 3.8) is 0 Å². The zero-order valence-electron chi connectivity index (χ0n) is 23.8. The van der Waals surface area contributed by atoms with Gasteiger partial charge in [0.25, 0.3) is 11.8 Å². The molecule has 0 radical (unpaired) electrons. The van der Waals surface area contributed by atoms with Crippen molar-refractivity contribution in [2.24, 2.45) is 0 Å².